The molecule has 0 bridgehead atoms. The summed E-state index contributed by atoms with van der Waals surface area (Å²) in [7, 11) is 0. The van der Waals surface area contributed by atoms with Gasteiger partial charge in [-0.25, -0.2) is 14.4 Å². The van der Waals surface area contributed by atoms with Crippen molar-refractivity contribution in [2.45, 2.75) is 25.3 Å². The first-order valence-electron chi connectivity index (χ1n) is 10.0. The zero-order valence-corrected chi connectivity index (χ0v) is 16.0. The number of nitrogens with two attached hydrogens (primary N) is 1. The van der Waals surface area contributed by atoms with Gasteiger partial charge in [-0.15, -0.1) is 0 Å². The van der Waals surface area contributed by atoms with Crippen LogP contribution in [0.15, 0.2) is 41.6 Å². The lowest BCUT2D eigenvalue weighted by atomic mass is 10.0. The Morgan fingerprint density at radius 1 is 1.14 bits per heavy atom. The van der Waals surface area contributed by atoms with Gasteiger partial charge in [0.2, 0.25) is 11.9 Å². The van der Waals surface area contributed by atoms with Crippen molar-refractivity contribution < 1.29 is 9.18 Å². The van der Waals surface area contributed by atoms with Crippen LogP contribution in [0.4, 0.5) is 16.2 Å². The molecule has 7 nitrogen and oxygen atoms in total. The van der Waals surface area contributed by atoms with Crippen LogP contribution in [0.5, 0.6) is 0 Å². The molecule has 3 aliphatic rings. The average Bonchev–Trinajstić information content (AvgIpc) is 3.45. The molecule has 1 aliphatic carbocycles. The van der Waals surface area contributed by atoms with Gasteiger partial charge >= 0.3 is 0 Å². The third kappa shape index (κ3) is 3.22. The van der Waals surface area contributed by atoms with Crippen LogP contribution in [0.3, 0.4) is 0 Å². The van der Waals surface area contributed by atoms with Crippen molar-refractivity contribution in [2.75, 3.05) is 23.7 Å². The summed E-state index contributed by atoms with van der Waals surface area (Å²) in [6.45, 7) is 1.54. The Bertz CT molecular complexity index is 937. The fourth-order valence-electron chi connectivity index (χ4n) is 4.95. The summed E-state index contributed by atoms with van der Waals surface area (Å²) in [4.78, 5) is 23.4. The summed E-state index contributed by atoms with van der Waals surface area (Å²) in [5.41, 5.74) is 6.70. The van der Waals surface area contributed by atoms with Crippen molar-refractivity contribution in [2.24, 2.45) is 22.9 Å². The number of hydrogen-bond donors (Lipinski definition) is 1. The van der Waals surface area contributed by atoms with Crippen LogP contribution < -0.4 is 10.6 Å². The Hall–Kier alpha value is -3.03. The Kier molecular flexibility index (Phi) is 4.41. The largest absolute Gasteiger partial charge is 0.381 e. The van der Waals surface area contributed by atoms with Crippen molar-refractivity contribution in [1.82, 2.24) is 15.0 Å². The number of benzene rings is 1. The molecule has 3 heterocycles. The third-order valence-electron chi connectivity index (χ3n) is 6.38. The quantitative estimate of drug-likeness (QED) is 0.865. The van der Waals surface area contributed by atoms with Gasteiger partial charge in [-0.1, -0.05) is 30.3 Å². The van der Waals surface area contributed by atoms with Gasteiger partial charge in [0.25, 0.3) is 0 Å². The van der Waals surface area contributed by atoms with Crippen LogP contribution in [0, 0.1) is 23.6 Å². The number of halogens is 1. The summed E-state index contributed by atoms with van der Waals surface area (Å²) in [6, 6.07) is 10.1. The lowest BCUT2D eigenvalue weighted by Gasteiger charge is -2.26. The van der Waals surface area contributed by atoms with Gasteiger partial charge in [0.05, 0.1) is 12.2 Å². The van der Waals surface area contributed by atoms with Crippen LogP contribution in [0.2, 0.25) is 0 Å². The number of anilines is 2. The standard InChI is InChI=1S/C21H23FN6O/c22-17-10-24-21(26-19(17)23)27-11-15-8-14(9-16(15)12-27)20(29)28-18(6-7-25-28)13-4-2-1-3-5-13/h1-5,7,10,14-16,18H,6,8-9,11-12H2,(H2,23,24,26)/t14-,15+,16-,18-/m0/s1. The minimum Gasteiger partial charge on any atom is -0.381 e. The molecule has 2 aliphatic heterocycles. The second-order valence-corrected chi connectivity index (χ2v) is 8.14. The van der Waals surface area contributed by atoms with Crippen LogP contribution in [0.1, 0.15) is 30.9 Å². The smallest absolute Gasteiger partial charge is 0.246 e. The number of rotatable bonds is 3. The molecule has 2 fully saturated rings. The van der Waals surface area contributed by atoms with Crippen LogP contribution >= 0.6 is 0 Å². The molecule has 0 radical (unpaired) electrons. The molecule has 150 valence electrons. The van der Waals surface area contributed by atoms with Crippen LogP contribution in [-0.2, 0) is 4.79 Å². The van der Waals surface area contributed by atoms with E-state index in [1.165, 1.54) is 0 Å². The topological polar surface area (TPSA) is 87.7 Å². The number of aromatic nitrogens is 2. The monoisotopic (exact) mass is 394 g/mol. The zero-order chi connectivity index (χ0) is 20.0. The highest BCUT2D eigenvalue weighted by Gasteiger charge is 2.46. The molecule has 0 spiro atoms. The van der Waals surface area contributed by atoms with E-state index in [1.807, 2.05) is 29.3 Å². The highest BCUT2D eigenvalue weighted by Crippen LogP contribution is 2.44. The van der Waals surface area contributed by atoms with Gasteiger partial charge in [-0.2, -0.15) is 10.1 Å². The highest BCUT2D eigenvalue weighted by atomic mass is 19.1. The fourth-order valence-corrected chi connectivity index (χ4v) is 4.95. The molecule has 1 saturated heterocycles. The Labute approximate surface area is 168 Å². The summed E-state index contributed by atoms with van der Waals surface area (Å²) in [5, 5.41) is 6.07. The highest BCUT2D eigenvalue weighted by molar-refractivity contribution is 5.82. The summed E-state index contributed by atoms with van der Waals surface area (Å²) in [6.07, 6.45) is 5.39. The Morgan fingerprint density at radius 2 is 1.86 bits per heavy atom. The van der Waals surface area contributed by atoms with Crippen LogP contribution in [0.25, 0.3) is 0 Å². The molecule has 2 aromatic rings. The Morgan fingerprint density at radius 3 is 2.55 bits per heavy atom. The molecule has 2 N–H and O–H groups in total. The van der Waals surface area contributed by atoms with E-state index in [1.54, 1.807) is 5.01 Å². The molecule has 8 heteroatoms. The number of fused-ring (bicyclic) bond motifs is 1. The van der Waals surface area contributed by atoms with Crippen molar-refractivity contribution in [3.63, 3.8) is 0 Å². The minimum absolute atomic E-state index is 0.00349. The molecule has 0 unspecified atom stereocenters. The number of nitrogen functional groups attached to an aromatic ring is 1. The molecule has 29 heavy (non-hydrogen) atoms. The van der Waals surface area contributed by atoms with Gasteiger partial charge < -0.3 is 10.6 Å². The van der Waals surface area contributed by atoms with Crippen LogP contribution in [-0.4, -0.2) is 40.2 Å². The summed E-state index contributed by atoms with van der Waals surface area (Å²) < 4.78 is 13.3. The van der Waals surface area contributed by atoms with Crippen molar-refractivity contribution in [3.05, 3.63) is 47.9 Å². The number of hydrogen-bond acceptors (Lipinski definition) is 6. The lowest BCUT2D eigenvalue weighted by Crippen LogP contribution is -2.33. The van der Waals surface area contributed by atoms with E-state index in [-0.39, 0.29) is 23.7 Å². The van der Waals surface area contributed by atoms with Gasteiger partial charge in [0.1, 0.15) is 0 Å². The van der Waals surface area contributed by atoms with E-state index in [0.29, 0.717) is 17.8 Å². The zero-order valence-electron chi connectivity index (χ0n) is 16.0. The minimum atomic E-state index is -0.599. The molecule has 1 saturated carbocycles. The van der Waals surface area contributed by atoms with Gasteiger partial charge in [-0.3, -0.25) is 4.79 Å². The molecule has 1 amide bonds. The molecule has 5 rings (SSSR count). The number of carbonyl (C=O) groups is 1. The Balaban J connectivity index is 1.25. The predicted molar refractivity (Wildman–Crippen MR) is 107 cm³/mol. The first-order chi connectivity index (χ1) is 14.1. The maximum atomic E-state index is 13.3. The maximum absolute atomic E-state index is 13.3. The number of hydrazone groups is 1. The maximum Gasteiger partial charge on any atom is 0.246 e. The van der Waals surface area contributed by atoms with Crippen molar-refractivity contribution in [1.29, 1.82) is 0 Å². The van der Waals surface area contributed by atoms with E-state index in [0.717, 1.165) is 44.1 Å². The number of nitrogens with zero attached hydrogens (tertiary/aromatic N) is 5. The van der Waals surface area contributed by atoms with Crippen molar-refractivity contribution in [3.8, 4) is 0 Å². The lowest BCUT2D eigenvalue weighted by molar-refractivity contribution is -0.137. The van der Waals surface area contributed by atoms with E-state index in [2.05, 4.69) is 27.2 Å². The van der Waals surface area contributed by atoms with E-state index < -0.39 is 5.82 Å². The molecule has 1 aromatic heterocycles. The first kappa shape index (κ1) is 18.0. The first-order valence-corrected chi connectivity index (χ1v) is 10.0. The second-order valence-electron chi connectivity index (χ2n) is 8.14. The average molecular weight is 394 g/mol. The SMILES string of the molecule is Nc1nc(N2C[C@H]3C[C@H](C(=O)N4N=CC[C@H]4c4ccccc4)C[C@H]3C2)ncc1F. The van der Waals surface area contributed by atoms with Gasteiger partial charge in [-0.05, 0) is 30.2 Å². The summed E-state index contributed by atoms with van der Waals surface area (Å²) >= 11 is 0. The van der Waals surface area contributed by atoms with E-state index in [4.69, 9.17) is 5.73 Å². The third-order valence-corrected chi connectivity index (χ3v) is 6.38. The number of carbonyl (C=O) groups excluding carboxylic acids is 1. The van der Waals surface area contributed by atoms with Gasteiger partial charge in [0.15, 0.2) is 11.6 Å². The molecular weight excluding hydrogens is 371 g/mol. The van der Waals surface area contributed by atoms with Gasteiger partial charge in [0, 0.05) is 31.6 Å². The molecule has 1 aromatic carbocycles. The molecular formula is C21H23FN6O. The molecule has 4 atom stereocenters. The fraction of sp³-hybridized carbons (Fsp3) is 0.429. The second kappa shape index (κ2) is 7.09. The number of amides is 1. The normalized spacial score (nSPS) is 28.2. The predicted octanol–water partition coefficient (Wildman–Crippen LogP) is 2.62. The van der Waals surface area contributed by atoms with E-state index >= 15 is 0 Å². The van der Waals surface area contributed by atoms with Crippen molar-refractivity contribution >= 4 is 23.9 Å². The summed E-state index contributed by atoms with van der Waals surface area (Å²) in [5.74, 6) is 0.663. The van der Waals surface area contributed by atoms with E-state index in [9.17, 15) is 9.18 Å².